The molecule has 0 saturated carbocycles. The smallest absolute Gasteiger partial charge is 0.137 e. The maximum Gasteiger partial charge on any atom is 0.137 e. The number of ether oxygens (including phenoxy) is 1. The minimum atomic E-state index is -0.387. The summed E-state index contributed by atoms with van der Waals surface area (Å²) in [6, 6.07) is 7.76. The Morgan fingerprint density at radius 1 is 1.29 bits per heavy atom. The zero-order chi connectivity index (χ0) is 12.3. The molecule has 0 unspecified atom stereocenters. The lowest BCUT2D eigenvalue weighted by Crippen LogP contribution is -1.89. The van der Waals surface area contributed by atoms with Crippen molar-refractivity contribution in [3.8, 4) is 22.9 Å². The van der Waals surface area contributed by atoms with Crippen molar-refractivity contribution < 1.29 is 9.13 Å². The highest BCUT2D eigenvalue weighted by Crippen LogP contribution is 2.26. The molecule has 17 heavy (non-hydrogen) atoms. The van der Waals surface area contributed by atoms with Crippen molar-refractivity contribution in [3.05, 3.63) is 48.0 Å². The largest absolute Gasteiger partial charge is 0.495 e. The maximum atomic E-state index is 13.2. The second kappa shape index (κ2) is 4.62. The zero-order valence-electron chi connectivity index (χ0n) is 9.14. The molecule has 0 bridgehead atoms. The minimum absolute atomic E-state index is 0.387. The third-order valence-electron chi connectivity index (χ3n) is 2.36. The van der Waals surface area contributed by atoms with Gasteiger partial charge in [0.05, 0.1) is 24.9 Å². The third-order valence-corrected chi connectivity index (χ3v) is 2.36. The van der Waals surface area contributed by atoms with E-state index in [0.717, 1.165) is 0 Å². The Morgan fingerprint density at radius 3 is 2.82 bits per heavy atom. The van der Waals surface area contributed by atoms with Crippen molar-refractivity contribution in [2.45, 2.75) is 0 Å². The van der Waals surface area contributed by atoms with Gasteiger partial charge in [0.1, 0.15) is 11.6 Å². The van der Waals surface area contributed by atoms with E-state index in [9.17, 15) is 4.39 Å². The van der Waals surface area contributed by atoms with Crippen LogP contribution in [0.1, 0.15) is 5.56 Å². The molecule has 0 aliphatic carbocycles. The monoisotopic (exact) mass is 228 g/mol. The highest BCUT2D eigenvalue weighted by atomic mass is 19.1. The molecule has 0 aliphatic heterocycles. The highest BCUT2D eigenvalue weighted by Gasteiger charge is 2.07. The molecular formula is C13H9FN2O. The summed E-state index contributed by atoms with van der Waals surface area (Å²) < 4.78 is 18.2. The second-order valence-corrected chi connectivity index (χ2v) is 3.42. The van der Waals surface area contributed by atoms with E-state index in [1.807, 2.05) is 6.07 Å². The van der Waals surface area contributed by atoms with Crippen LogP contribution in [0.25, 0.3) is 11.1 Å². The number of hydrogen-bond acceptors (Lipinski definition) is 3. The van der Waals surface area contributed by atoms with Crippen molar-refractivity contribution in [1.29, 1.82) is 5.26 Å². The number of nitrogens with zero attached hydrogens (tertiary/aromatic N) is 2. The number of benzene rings is 1. The number of methoxy groups -OCH3 is 1. The number of rotatable bonds is 2. The Balaban J connectivity index is 2.59. The van der Waals surface area contributed by atoms with Crippen LogP contribution in [0.15, 0.2) is 36.7 Å². The Hall–Kier alpha value is -2.41. The Morgan fingerprint density at radius 2 is 2.12 bits per heavy atom. The fourth-order valence-corrected chi connectivity index (χ4v) is 1.53. The van der Waals surface area contributed by atoms with Gasteiger partial charge >= 0.3 is 0 Å². The summed E-state index contributed by atoms with van der Waals surface area (Å²) in [6.07, 6.45) is 3.12. The van der Waals surface area contributed by atoms with Crippen LogP contribution in [0.5, 0.6) is 5.75 Å². The fraction of sp³-hybridized carbons (Fsp3) is 0.0769. The summed E-state index contributed by atoms with van der Waals surface area (Å²) in [5.74, 6) is 0.178. The van der Waals surface area contributed by atoms with Crippen LogP contribution >= 0.6 is 0 Å². The predicted octanol–water partition coefficient (Wildman–Crippen LogP) is 2.77. The molecule has 0 radical (unpaired) electrons. The van der Waals surface area contributed by atoms with E-state index in [-0.39, 0.29) is 5.82 Å². The average molecular weight is 228 g/mol. The summed E-state index contributed by atoms with van der Waals surface area (Å²) >= 11 is 0. The molecule has 0 atom stereocenters. The van der Waals surface area contributed by atoms with Crippen LogP contribution in [0.2, 0.25) is 0 Å². The number of halogens is 1. The van der Waals surface area contributed by atoms with Crippen LogP contribution in [0.3, 0.4) is 0 Å². The highest BCUT2D eigenvalue weighted by molar-refractivity contribution is 5.70. The lowest BCUT2D eigenvalue weighted by atomic mass is 10.0. The van der Waals surface area contributed by atoms with Gasteiger partial charge in [-0.05, 0) is 24.3 Å². The molecule has 0 fully saturated rings. The van der Waals surface area contributed by atoms with E-state index < -0.39 is 0 Å². The number of hydrogen-bond donors (Lipinski definition) is 0. The molecule has 4 heteroatoms. The molecule has 0 aliphatic rings. The first-order valence-electron chi connectivity index (χ1n) is 4.93. The van der Waals surface area contributed by atoms with Crippen LogP contribution in [-0.2, 0) is 0 Å². The number of aromatic nitrogens is 1. The van der Waals surface area contributed by atoms with Crippen molar-refractivity contribution in [2.75, 3.05) is 7.11 Å². The molecule has 0 amide bonds. The van der Waals surface area contributed by atoms with E-state index in [1.54, 1.807) is 18.5 Å². The van der Waals surface area contributed by atoms with E-state index in [1.165, 1.54) is 25.3 Å². The van der Waals surface area contributed by atoms with Crippen LogP contribution in [0, 0.1) is 17.1 Å². The molecule has 1 heterocycles. The normalized spacial score (nSPS) is 9.71. The molecule has 2 aromatic rings. The first-order valence-corrected chi connectivity index (χ1v) is 4.93. The van der Waals surface area contributed by atoms with Gasteiger partial charge < -0.3 is 4.74 Å². The molecule has 1 aromatic heterocycles. The van der Waals surface area contributed by atoms with Crippen LogP contribution in [-0.4, -0.2) is 12.1 Å². The molecule has 3 nitrogen and oxygen atoms in total. The lowest BCUT2D eigenvalue weighted by Gasteiger charge is -2.06. The minimum Gasteiger partial charge on any atom is -0.495 e. The average Bonchev–Trinajstić information content (AvgIpc) is 2.39. The van der Waals surface area contributed by atoms with Crippen molar-refractivity contribution in [3.63, 3.8) is 0 Å². The molecule has 0 spiro atoms. The van der Waals surface area contributed by atoms with Gasteiger partial charge in [-0.1, -0.05) is 0 Å². The van der Waals surface area contributed by atoms with Crippen LogP contribution in [0.4, 0.5) is 4.39 Å². The number of nitriles is 1. The molecule has 1 aromatic carbocycles. The first kappa shape index (κ1) is 11.1. The summed E-state index contributed by atoms with van der Waals surface area (Å²) in [4.78, 5) is 3.98. The second-order valence-electron chi connectivity index (χ2n) is 3.42. The first-order chi connectivity index (χ1) is 8.24. The van der Waals surface area contributed by atoms with Gasteiger partial charge in [0.25, 0.3) is 0 Å². The van der Waals surface area contributed by atoms with Gasteiger partial charge in [-0.15, -0.1) is 0 Å². The quantitative estimate of drug-likeness (QED) is 0.793. The lowest BCUT2D eigenvalue weighted by molar-refractivity contribution is 0.413. The molecule has 0 saturated heterocycles. The standard InChI is InChI=1S/C13H9FN2O/c1-17-12-4-10(7-16-8-12)13-5-11(14)3-2-9(13)6-15/h2-5,7-8H,1H3. The third kappa shape index (κ3) is 2.23. The summed E-state index contributed by atoms with van der Waals surface area (Å²) in [5.41, 5.74) is 1.57. The van der Waals surface area contributed by atoms with E-state index in [4.69, 9.17) is 10.00 Å². The molecule has 0 N–H and O–H groups in total. The van der Waals surface area contributed by atoms with E-state index >= 15 is 0 Å². The van der Waals surface area contributed by atoms with E-state index in [0.29, 0.717) is 22.4 Å². The summed E-state index contributed by atoms with van der Waals surface area (Å²) in [7, 11) is 1.53. The molecule has 84 valence electrons. The van der Waals surface area contributed by atoms with Gasteiger partial charge in [-0.3, -0.25) is 4.98 Å². The van der Waals surface area contributed by atoms with Crippen molar-refractivity contribution in [2.24, 2.45) is 0 Å². The Bertz CT molecular complexity index is 590. The van der Waals surface area contributed by atoms with Gasteiger partial charge in [0.15, 0.2) is 0 Å². The van der Waals surface area contributed by atoms with Crippen LogP contribution < -0.4 is 4.74 Å². The van der Waals surface area contributed by atoms with Crippen molar-refractivity contribution in [1.82, 2.24) is 4.98 Å². The summed E-state index contributed by atoms with van der Waals surface area (Å²) in [6.45, 7) is 0. The topological polar surface area (TPSA) is 45.9 Å². The number of pyridine rings is 1. The van der Waals surface area contributed by atoms with Gasteiger partial charge in [-0.2, -0.15) is 5.26 Å². The van der Waals surface area contributed by atoms with Gasteiger partial charge in [-0.25, -0.2) is 4.39 Å². The predicted molar refractivity (Wildman–Crippen MR) is 60.9 cm³/mol. The van der Waals surface area contributed by atoms with Gasteiger partial charge in [0, 0.05) is 17.3 Å². The molecular weight excluding hydrogens is 219 g/mol. The fourth-order valence-electron chi connectivity index (χ4n) is 1.53. The SMILES string of the molecule is COc1cncc(-c2cc(F)ccc2C#N)c1. The van der Waals surface area contributed by atoms with E-state index in [2.05, 4.69) is 4.98 Å². The maximum absolute atomic E-state index is 13.2. The van der Waals surface area contributed by atoms with Gasteiger partial charge in [0.2, 0.25) is 0 Å². The Kier molecular flexibility index (Phi) is 3.01. The van der Waals surface area contributed by atoms with Crippen molar-refractivity contribution >= 4 is 0 Å². The summed E-state index contributed by atoms with van der Waals surface area (Å²) in [5, 5.41) is 8.97. The molecule has 2 rings (SSSR count). The Labute approximate surface area is 98.1 Å². The zero-order valence-corrected chi connectivity index (χ0v) is 9.14.